The van der Waals surface area contributed by atoms with Gasteiger partial charge in [-0.25, -0.2) is 14.0 Å². The number of ether oxygens (including phenoxy) is 1. The molecule has 0 aromatic heterocycles. The first kappa shape index (κ1) is 26.1. The first-order chi connectivity index (χ1) is 17.5. The molecule has 1 atom stereocenters. The van der Waals surface area contributed by atoms with Gasteiger partial charge in [0.2, 0.25) is 0 Å². The topological polar surface area (TPSA) is 61.9 Å². The third-order valence-electron chi connectivity index (χ3n) is 7.46. The number of nitrogens with zero attached hydrogens (tertiary/aromatic N) is 2. The van der Waals surface area contributed by atoms with Gasteiger partial charge in [0.1, 0.15) is 5.82 Å². The Labute approximate surface area is 213 Å². The van der Waals surface area contributed by atoms with Gasteiger partial charge >= 0.3 is 12.0 Å². The van der Waals surface area contributed by atoms with Gasteiger partial charge in [0, 0.05) is 24.8 Å². The van der Waals surface area contributed by atoms with E-state index >= 15 is 0 Å². The van der Waals surface area contributed by atoms with Crippen molar-refractivity contribution in [3.63, 3.8) is 0 Å². The highest BCUT2D eigenvalue weighted by atomic mass is 19.1. The van der Waals surface area contributed by atoms with Crippen LogP contribution in [0.25, 0.3) is 0 Å². The summed E-state index contributed by atoms with van der Waals surface area (Å²) in [5.74, 6) is 0.121. The fourth-order valence-electron chi connectivity index (χ4n) is 5.37. The van der Waals surface area contributed by atoms with Crippen LogP contribution in [0.4, 0.5) is 14.9 Å². The van der Waals surface area contributed by atoms with Crippen LogP contribution >= 0.6 is 0 Å². The number of likely N-dealkylation sites (tertiary alicyclic amines) is 2. The standard InChI is InChI=1S/C29H38FN3O3/c1-2-36-28(34)24-8-12-26(13-9-24)31-29(35)33-17-4-3-5-27(33)16-20-32-18-14-23(15-19-32)21-22-6-10-25(30)11-7-22/h6-13,23,27H,2-5,14-21H2,1H3,(H,31,35). The van der Waals surface area contributed by atoms with Gasteiger partial charge in [-0.2, -0.15) is 0 Å². The number of hydrogen-bond donors (Lipinski definition) is 1. The Morgan fingerprint density at radius 1 is 0.972 bits per heavy atom. The molecule has 0 saturated carbocycles. The molecule has 2 amide bonds. The molecule has 4 rings (SSSR count). The van der Waals surface area contributed by atoms with Crippen molar-refractivity contribution >= 4 is 17.7 Å². The molecule has 2 saturated heterocycles. The summed E-state index contributed by atoms with van der Waals surface area (Å²) in [6.07, 6.45) is 7.55. The van der Waals surface area contributed by atoms with Gasteiger partial charge in [-0.05, 0) is 113 Å². The largest absolute Gasteiger partial charge is 0.462 e. The van der Waals surface area contributed by atoms with Crippen LogP contribution in [0.3, 0.4) is 0 Å². The van der Waals surface area contributed by atoms with E-state index in [1.165, 1.54) is 5.56 Å². The molecule has 0 bridgehead atoms. The van der Waals surface area contributed by atoms with Crippen LogP contribution in [-0.4, -0.2) is 60.6 Å². The Bertz CT molecular complexity index is 988. The van der Waals surface area contributed by atoms with E-state index in [2.05, 4.69) is 10.2 Å². The third-order valence-corrected chi connectivity index (χ3v) is 7.46. The monoisotopic (exact) mass is 495 g/mol. The summed E-state index contributed by atoms with van der Waals surface area (Å²) in [4.78, 5) is 29.4. The smallest absolute Gasteiger partial charge is 0.338 e. The van der Waals surface area contributed by atoms with Gasteiger partial charge in [-0.3, -0.25) is 0 Å². The minimum Gasteiger partial charge on any atom is -0.462 e. The molecule has 2 fully saturated rings. The Morgan fingerprint density at radius 2 is 1.69 bits per heavy atom. The Balaban J connectivity index is 1.23. The molecular formula is C29H38FN3O3. The molecule has 7 heteroatoms. The number of amides is 2. The maximum Gasteiger partial charge on any atom is 0.338 e. The number of carbonyl (C=O) groups is 2. The zero-order chi connectivity index (χ0) is 25.3. The van der Waals surface area contributed by atoms with Gasteiger partial charge in [-0.15, -0.1) is 0 Å². The van der Waals surface area contributed by atoms with Crippen molar-refractivity contribution in [1.82, 2.24) is 9.80 Å². The molecule has 1 N–H and O–H groups in total. The molecular weight excluding hydrogens is 457 g/mol. The van der Waals surface area contributed by atoms with Crippen LogP contribution in [-0.2, 0) is 11.2 Å². The van der Waals surface area contributed by atoms with Crippen molar-refractivity contribution in [3.8, 4) is 0 Å². The summed E-state index contributed by atoms with van der Waals surface area (Å²) in [6.45, 7) is 6.06. The lowest BCUT2D eigenvalue weighted by molar-refractivity contribution is 0.0526. The Morgan fingerprint density at radius 3 is 2.39 bits per heavy atom. The molecule has 2 aliphatic heterocycles. The van der Waals surface area contributed by atoms with Crippen molar-refractivity contribution in [1.29, 1.82) is 0 Å². The summed E-state index contributed by atoms with van der Waals surface area (Å²) < 4.78 is 18.2. The number of carbonyl (C=O) groups excluding carboxylic acids is 2. The normalized spacial score (nSPS) is 19.2. The number of nitrogens with one attached hydrogen (secondary N) is 1. The van der Waals surface area contributed by atoms with Crippen LogP contribution in [0.2, 0.25) is 0 Å². The van der Waals surface area contributed by atoms with Crippen LogP contribution in [0.1, 0.15) is 61.4 Å². The first-order valence-corrected chi connectivity index (χ1v) is 13.3. The number of halogens is 1. The Hall–Kier alpha value is -2.93. The first-order valence-electron chi connectivity index (χ1n) is 13.3. The summed E-state index contributed by atoms with van der Waals surface area (Å²) >= 11 is 0. The third kappa shape index (κ3) is 7.29. The predicted octanol–water partition coefficient (Wildman–Crippen LogP) is 5.73. The molecule has 194 valence electrons. The summed E-state index contributed by atoms with van der Waals surface area (Å²) in [6, 6.07) is 13.9. The van der Waals surface area contributed by atoms with Gasteiger partial charge in [0.15, 0.2) is 0 Å². The quantitative estimate of drug-likeness (QED) is 0.475. The fraction of sp³-hybridized carbons (Fsp3) is 0.517. The van der Waals surface area contributed by atoms with Gasteiger partial charge in [0.05, 0.1) is 12.2 Å². The number of hydrogen-bond acceptors (Lipinski definition) is 4. The summed E-state index contributed by atoms with van der Waals surface area (Å²) in [5, 5.41) is 3.01. The lowest BCUT2D eigenvalue weighted by atomic mass is 9.90. The van der Waals surface area contributed by atoms with Gasteiger partial charge in [0.25, 0.3) is 0 Å². The number of urea groups is 1. The van der Waals surface area contributed by atoms with E-state index in [0.29, 0.717) is 23.8 Å². The zero-order valence-electron chi connectivity index (χ0n) is 21.3. The SMILES string of the molecule is CCOC(=O)c1ccc(NC(=O)N2CCCCC2CCN2CCC(Cc3ccc(F)cc3)CC2)cc1. The molecule has 36 heavy (non-hydrogen) atoms. The fourth-order valence-corrected chi connectivity index (χ4v) is 5.37. The van der Waals surface area contributed by atoms with Gasteiger partial charge < -0.3 is 19.9 Å². The van der Waals surface area contributed by atoms with Crippen molar-refractivity contribution in [2.45, 2.75) is 57.9 Å². The number of anilines is 1. The molecule has 0 aliphatic carbocycles. The average Bonchev–Trinajstić information content (AvgIpc) is 2.90. The van der Waals surface area contributed by atoms with Gasteiger partial charge in [-0.1, -0.05) is 12.1 Å². The van der Waals surface area contributed by atoms with Crippen molar-refractivity contribution < 1.29 is 18.7 Å². The Kier molecular flexibility index (Phi) is 9.34. The second kappa shape index (κ2) is 12.9. The highest BCUT2D eigenvalue weighted by Gasteiger charge is 2.28. The average molecular weight is 496 g/mol. The van der Waals surface area contributed by atoms with E-state index < -0.39 is 0 Å². The minimum atomic E-state index is -0.356. The minimum absolute atomic E-state index is 0.0680. The zero-order valence-corrected chi connectivity index (χ0v) is 21.3. The van der Waals surface area contributed by atoms with Crippen molar-refractivity contribution in [2.75, 3.05) is 38.1 Å². The number of rotatable bonds is 8. The van der Waals surface area contributed by atoms with E-state index in [1.54, 1.807) is 43.3 Å². The van der Waals surface area contributed by atoms with Crippen molar-refractivity contribution in [2.24, 2.45) is 5.92 Å². The number of benzene rings is 2. The lowest BCUT2D eigenvalue weighted by Crippen LogP contribution is -2.47. The van der Waals surface area contributed by atoms with E-state index in [4.69, 9.17) is 4.74 Å². The van der Waals surface area contributed by atoms with Crippen LogP contribution < -0.4 is 5.32 Å². The second-order valence-corrected chi connectivity index (χ2v) is 9.98. The van der Waals surface area contributed by atoms with Crippen molar-refractivity contribution in [3.05, 3.63) is 65.5 Å². The second-order valence-electron chi connectivity index (χ2n) is 9.98. The lowest BCUT2D eigenvalue weighted by Gasteiger charge is -2.38. The molecule has 1 unspecified atom stereocenters. The van der Waals surface area contributed by atoms with Crippen LogP contribution in [0.15, 0.2) is 48.5 Å². The molecule has 6 nitrogen and oxygen atoms in total. The highest BCUT2D eigenvalue weighted by molar-refractivity contribution is 5.92. The van der Waals surface area contributed by atoms with E-state index in [9.17, 15) is 14.0 Å². The van der Waals surface area contributed by atoms with E-state index in [-0.39, 0.29) is 23.9 Å². The highest BCUT2D eigenvalue weighted by Crippen LogP contribution is 2.25. The molecule has 2 aromatic carbocycles. The molecule has 0 radical (unpaired) electrons. The predicted molar refractivity (Wildman–Crippen MR) is 140 cm³/mol. The molecule has 2 aliphatic rings. The molecule has 0 spiro atoms. The van der Waals surface area contributed by atoms with Crippen LogP contribution in [0.5, 0.6) is 0 Å². The number of piperidine rings is 2. The van der Waals surface area contributed by atoms with Crippen LogP contribution in [0, 0.1) is 11.7 Å². The number of esters is 1. The van der Waals surface area contributed by atoms with E-state index in [1.807, 2.05) is 17.0 Å². The maximum absolute atomic E-state index is 13.2. The van der Waals surface area contributed by atoms with E-state index in [0.717, 1.165) is 71.1 Å². The molecule has 2 aromatic rings. The maximum atomic E-state index is 13.2. The summed E-state index contributed by atoms with van der Waals surface area (Å²) in [7, 11) is 0. The summed E-state index contributed by atoms with van der Waals surface area (Å²) in [5.41, 5.74) is 2.38. The molecule has 2 heterocycles.